The van der Waals surface area contributed by atoms with Crippen molar-refractivity contribution in [2.45, 2.75) is 57.6 Å². The maximum absolute atomic E-state index is 6.15. The number of likely N-dealkylation sites (N-methyl/N-ethyl adjacent to an activating group) is 1. The first-order valence-electron chi connectivity index (χ1n) is 11.0. The number of rotatable bonds is 7. The summed E-state index contributed by atoms with van der Waals surface area (Å²) in [5.41, 5.74) is 2.58. The van der Waals surface area contributed by atoms with Gasteiger partial charge in [0.1, 0.15) is 0 Å². The Morgan fingerprint density at radius 1 is 1.11 bits per heavy atom. The summed E-state index contributed by atoms with van der Waals surface area (Å²) in [4.78, 5) is 6.91. The molecule has 1 aliphatic heterocycles. The summed E-state index contributed by atoms with van der Waals surface area (Å²) in [6, 6.07) is 9.55. The topological polar surface area (TPSA) is 48.9 Å². The van der Waals surface area contributed by atoms with Crippen molar-refractivity contribution < 1.29 is 4.74 Å². The molecule has 0 amide bonds. The molecule has 0 bridgehead atoms. The molecular weight excluding hydrogens is 348 g/mol. The van der Waals surface area contributed by atoms with Gasteiger partial charge in [-0.25, -0.2) is 0 Å². The third kappa shape index (κ3) is 5.95. The lowest BCUT2D eigenvalue weighted by Crippen LogP contribution is -2.44. The number of nitrogens with one attached hydrogen (secondary N) is 2. The lowest BCUT2D eigenvalue weighted by molar-refractivity contribution is -0.0265. The van der Waals surface area contributed by atoms with Gasteiger partial charge in [-0.05, 0) is 45.2 Å². The molecular formula is C23H38N4O. The standard InChI is InChI=1S/C23H38N4O/c1-18-10-12-19(13-11-18)22-20(7-6-16-28-22)17-26-23(24-2)25-14-15-27(3)21-8-4-5-9-21/h10-13,20-22H,4-9,14-17H2,1-3H3,(H2,24,25,26). The summed E-state index contributed by atoms with van der Waals surface area (Å²) in [6.07, 6.45) is 7.97. The van der Waals surface area contributed by atoms with Crippen molar-refractivity contribution >= 4 is 5.96 Å². The van der Waals surface area contributed by atoms with Crippen LogP contribution in [0.2, 0.25) is 0 Å². The first-order chi connectivity index (χ1) is 13.7. The molecule has 1 aromatic carbocycles. The fraction of sp³-hybridized carbons (Fsp3) is 0.696. The van der Waals surface area contributed by atoms with E-state index < -0.39 is 0 Å². The Kier molecular flexibility index (Phi) is 8.16. The number of hydrogen-bond acceptors (Lipinski definition) is 3. The summed E-state index contributed by atoms with van der Waals surface area (Å²) in [6.45, 7) is 5.86. The second-order valence-corrected chi connectivity index (χ2v) is 8.40. The maximum atomic E-state index is 6.15. The molecule has 0 spiro atoms. The van der Waals surface area contributed by atoms with Crippen LogP contribution in [0, 0.1) is 12.8 Å². The van der Waals surface area contributed by atoms with Gasteiger partial charge in [0.2, 0.25) is 0 Å². The molecule has 28 heavy (non-hydrogen) atoms. The Labute approximate surface area is 170 Å². The van der Waals surface area contributed by atoms with Crippen LogP contribution in [0.4, 0.5) is 0 Å². The molecule has 1 saturated heterocycles. The fourth-order valence-electron chi connectivity index (χ4n) is 4.50. The molecule has 2 atom stereocenters. The average molecular weight is 387 g/mol. The predicted octanol–water partition coefficient (Wildman–Crippen LogP) is 3.50. The number of nitrogens with zero attached hydrogens (tertiary/aromatic N) is 2. The van der Waals surface area contributed by atoms with Gasteiger partial charge in [-0.15, -0.1) is 0 Å². The van der Waals surface area contributed by atoms with Crippen molar-refractivity contribution in [1.82, 2.24) is 15.5 Å². The largest absolute Gasteiger partial charge is 0.373 e. The second kappa shape index (κ2) is 10.8. The highest BCUT2D eigenvalue weighted by atomic mass is 16.5. The average Bonchev–Trinajstić information content (AvgIpc) is 3.26. The Morgan fingerprint density at radius 3 is 2.57 bits per heavy atom. The highest BCUT2D eigenvalue weighted by molar-refractivity contribution is 5.79. The van der Waals surface area contributed by atoms with E-state index >= 15 is 0 Å². The van der Waals surface area contributed by atoms with Crippen LogP contribution < -0.4 is 10.6 Å². The van der Waals surface area contributed by atoms with Crippen LogP contribution in [0.1, 0.15) is 55.8 Å². The molecule has 0 radical (unpaired) electrons. The van der Waals surface area contributed by atoms with Gasteiger partial charge in [0.25, 0.3) is 0 Å². The fourth-order valence-corrected chi connectivity index (χ4v) is 4.50. The molecule has 0 aromatic heterocycles. The van der Waals surface area contributed by atoms with Crippen LogP contribution >= 0.6 is 0 Å². The number of guanidine groups is 1. The first-order valence-corrected chi connectivity index (χ1v) is 11.0. The van der Waals surface area contributed by atoms with Gasteiger partial charge in [0.05, 0.1) is 6.10 Å². The zero-order valence-electron chi connectivity index (χ0n) is 17.9. The van der Waals surface area contributed by atoms with E-state index in [9.17, 15) is 0 Å². The van der Waals surface area contributed by atoms with Gasteiger partial charge in [0.15, 0.2) is 5.96 Å². The Bertz CT molecular complexity index is 610. The molecule has 2 fully saturated rings. The number of aryl methyl sites for hydroxylation is 1. The van der Waals surface area contributed by atoms with E-state index in [1.165, 1.54) is 43.2 Å². The third-order valence-electron chi connectivity index (χ3n) is 6.31. The smallest absolute Gasteiger partial charge is 0.191 e. The van der Waals surface area contributed by atoms with E-state index in [1.54, 1.807) is 0 Å². The van der Waals surface area contributed by atoms with Gasteiger partial charge in [-0.1, -0.05) is 42.7 Å². The second-order valence-electron chi connectivity index (χ2n) is 8.40. The molecule has 2 unspecified atom stereocenters. The van der Waals surface area contributed by atoms with E-state index in [4.69, 9.17) is 4.74 Å². The summed E-state index contributed by atoms with van der Waals surface area (Å²) < 4.78 is 6.15. The lowest BCUT2D eigenvalue weighted by Gasteiger charge is -2.33. The minimum Gasteiger partial charge on any atom is -0.373 e. The van der Waals surface area contributed by atoms with Gasteiger partial charge in [-0.3, -0.25) is 4.99 Å². The van der Waals surface area contributed by atoms with Gasteiger partial charge in [-0.2, -0.15) is 0 Å². The molecule has 1 heterocycles. The number of benzene rings is 1. The summed E-state index contributed by atoms with van der Waals surface area (Å²) in [7, 11) is 4.10. The highest BCUT2D eigenvalue weighted by Crippen LogP contribution is 2.33. The van der Waals surface area contributed by atoms with Crippen molar-refractivity contribution in [1.29, 1.82) is 0 Å². The van der Waals surface area contributed by atoms with Gasteiger partial charge < -0.3 is 20.3 Å². The van der Waals surface area contributed by atoms with Crippen LogP contribution in [-0.2, 0) is 4.74 Å². The van der Waals surface area contributed by atoms with Gasteiger partial charge >= 0.3 is 0 Å². The number of ether oxygens (including phenoxy) is 1. The molecule has 5 nitrogen and oxygen atoms in total. The SMILES string of the molecule is CN=C(NCCN(C)C1CCCC1)NCC1CCCOC1c1ccc(C)cc1. The Balaban J connectivity index is 1.45. The van der Waals surface area contributed by atoms with Crippen molar-refractivity contribution in [3.05, 3.63) is 35.4 Å². The van der Waals surface area contributed by atoms with E-state index in [1.807, 2.05) is 7.05 Å². The minimum atomic E-state index is 0.174. The Hall–Kier alpha value is -1.59. The quantitative estimate of drug-likeness (QED) is 0.556. The van der Waals surface area contributed by atoms with Crippen LogP contribution in [0.5, 0.6) is 0 Å². The van der Waals surface area contributed by atoms with Gasteiger partial charge in [0, 0.05) is 45.2 Å². The maximum Gasteiger partial charge on any atom is 0.191 e. The monoisotopic (exact) mass is 386 g/mol. The molecule has 1 aromatic rings. The predicted molar refractivity (Wildman–Crippen MR) is 117 cm³/mol. The summed E-state index contributed by atoms with van der Waals surface area (Å²) in [5, 5.41) is 7.02. The third-order valence-corrected chi connectivity index (χ3v) is 6.31. The first kappa shape index (κ1) is 21.1. The highest BCUT2D eigenvalue weighted by Gasteiger charge is 2.27. The van der Waals surface area contributed by atoms with Crippen LogP contribution in [0.15, 0.2) is 29.3 Å². The van der Waals surface area contributed by atoms with Crippen molar-refractivity contribution in [3.8, 4) is 0 Å². The molecule has 1 saturated carbocycles. The summed E-state index contributed by atoms with van der Waals surface area (Å²) in [5.74, 6) is 1.37. The molecule has 156 valence electrons. The molecule has 1 aliphatic carbocycles. The zero-order chi connectivity index (χ0) is 19.8. The molecule has 2 N–H and O–H groups in total. The lowest BCUT2D eigenvalue weighted by atomic mass is 9.89. The van der Waals surface area contributed by atoms with E-state index in [2.05, 4.69) is 58.8 Å². The summed E-state index contributed by atoms with van der Waals surface area (Å²) >= 11 is 0. The Morgan fingerprint density at radius 2 is 1.86 bits per heavy atom. The molecule has 2 aliphatic rings. The van der Waals surface area contributed by atoms with E-state index in [-0.39, 0.29) is 6.10 Å². The van der Waals surface area contributed by atoms with Crippen LogP contribution in [0.3, 0.4) is 0 Å². The van der Waals surface area contributed by atoms with Crippen LogP contribution in [-0.4, -0.2) is 57.2 Å². The van der Waals surface area contributed by atoms with Crippen molar-refractivity contribution in [2.75, 3.05) is 40.3 Å². The van der Waals surface area contributed by atoms with Crippen LogP contribution in [0.25, 0.3) is 0 Å². The zero-order valence-corrected chi connectivity index (χ0v) is 17.9. The molecule has 3 rings (SSSR count). The normalized spacial score (nSPS) is 23.9. The molecule has 5 heteroatoms. The van der Waals surface area contributed by atoms with E-state index in [0.29, 0.717) is 5.92 Å². The van der Waals surface area contributed by atoms with Crippen molar-refractivity contribution in [3.63, 3.8) is 0 Å². The minimum absolute atomic E-state index is 0.174. The number of aliphatic imine (C=N–C) groups is 1. The van der Waals surface area contributed by atoms with E-state index in [0.717, 1.165) is 44.7 Å². The number of hydrogen-bond donors (Lipinski definition) is 2. The van der Waals surface area contributed by atoms with Crippen molar-refractivity contribution in [2.24, 2.45) is 10.9 Å².